The van der Waals surface area contributed by atoms with Gasteiger partial charge < -0.3 is 20.5 Å². The van der Waals surface area contributed by atoms with E-state index >= 15 is 0 Å². The molecule has 2 N–H and O–H groups in total. The third kappa shape index (κ3) is 9.02. The van der Waals surface area contributed by atoms with Crippen molar-refractivity contribution in [3.63, 3.8) is 0 Å². The Morgan fingerprint density at radius 3 is 2.28 bits per heavy atom. The molecule has 0 atom stereocenters. The van der Waals surface area contributed by atoms with Crippen LogP contribution in [0.15, 0.2) is 48.5 Å². The van der Waals surface area contributed by atoms with Crippen LogP contribution >= 0.6 is 11.6 Å². The summed E-state index contributed by atoms with van der Waals surface area (Å²) >= 11 is 5.82. The molecule has 0 radical (unpaired) electrons. The molecule has 0 spiro atoms. The molecule has 0 aromatic heterocycles. The van der Waals surface area contributed by atoms with Crippen molar-refractivity contribution < 1.29 is 88.0 Å². The Labute approximate surface area is 235 Å². The summed E-state index contributed by atoms with van der Waals surface area (Å²) in [6, 6.07) is 14.0. The minimum Gasteiger partial charge on any atom is -0.675 e. The third-order valence-corrected chi connectivity index (χ3v) is 4.18. The van der Waals surface area contributed by atoms with Gasteiger partial charge in [-0.25, -0.2) is 4.79 Å². The first-order chi connectivity index (χ1) is 13.3. The number of hydrogen-bond donors (Lipinski definition) is 1. The minimum absolute atomic E-state index is 0. The summed E-state index contributed by atoms with van der Waals surface area (Å²) < 4.78 is 10.7. The standard InChI is InChI=1S/C21H24ClN2O4.Cs/c1-21(2,20(26)27-14-12-23)28-18-9-3-15(4-10-18)11-13-24-19(25)16-5-7-17(22)8-6-16;/h3-10,23H,11-14H2,1-2H3,(H,24,25);/q-1;+1. The summed E-state index contributed by atoms with van der Waals surface area (Å²) in [7, 11) is 0. The van der Waals surface area contributed by atoms with Crippen molar-refractivity contribution in [2.45, 2.75) is 25.9 Å². The van der Waals surface area contributed by atoms with Crippen LogP contribution in [-0.2, 0) is 16.0 Å². The first kappa shape index (κ1) is 26.5. The van der Waals surface area contributed by atoms with Crippen molar-refractivity contribution in [2.75, 3.05) is 19.7 Å². The van der Waals surface area contributed by atoms with E-state index in [1.54, 1.807) is 50.2 Å². The molecule has 6 nitrogen and oxygen atoms in total. The van der Waals surface area contributed by atoms with Crippen LogP contribution in [0.1, 0.15) is 29.8 Å². The maximum Gasteiger partial charge on any atom is 1.00 e. The van der Waals surface area contributed by atoms with E-state index in [2.05, 4.69) is 5.32 Å². The van der Waals surface area contributed by atoms with E-state index in [1.165, 1.54) is 0 Å². The largest absolute Gasteiger partial charge is 1.00 e. The van der Waals surface area contributed by atoms with Crippen LogP contribution in [0, 0.1) is 0 Å². The van der Waals surface area contributed by atoms with Gasteiger partial charge in [0.05, 0.1) is 6.61 Å². The zero-order valence-electron chi connectivity index (χ0n) is 17.0. The molecular formula is C21H24ClCsN2O4. The Morgan fingerprint density at radius 2 is 1.69 bits per heavy atom. The van der Waals surface area contributed by atoms with E-state index in [0.29, 0.717) is 29.3 Å². The fourth-order valence-electron chi connectivity index (χ4n) is 2.40. The molecule has 0 bridgehead atoms. The van der Waals surface area contributed by atoms with Crippen LogP contribution < -0.4 is 78.9 Å². The van der Waals surface area contributed by atoms with E-state index in [0.717, 1.165) is 5.56 Å². The van der Waals surface area contributed by atoms with Gasteiger partial charge in [-0.05, 0) is 62.2 Å². The van der Waals surface area contributed by atoms with Crippen LogP contribution in [0.25, 0.3) is 5.73 Å². The number of nitrogens with one attached hydrogen (secondary N) is 2. The molecule has 29 heavy (non-hydrogen) atoms. The Morgan fingerprint density at radius 1 is 1.07 bits per heavy atom. The first-order valence-corrected chi connectivity index (χ1v) is 9.33. The second-order valence-corrected chi connectivity index (χ2v) is 7.09. The van der Waals surface area contributed by atoms with Crippen molar-refractivity contribution in [1.82, 2.24) is 5.32 Å². The molecule has 0 aliphatic heterocycles. The molecule has 0 saturated carbocycles. The second kappa shape index (κ2) is 13.0. The number of ether oxygens (including phenoxy) is 2. The van der Waals surface area contributed by atoms with Crippen molar-refractivity contribution in [3.05, 3.63) is 70.4 Å². The summed E-state index contributed by atoms with van der Waals surface area (Å²) in [5.74, 6) is -0.111. The minimum atomic E-state index is -1.14. The van der Waals surface area contributed by atoms with Crippen molar-refractivity contribution >= 4 is 23.5 Å². The summed E-state index contributed by atoms with van der Waals surface area (Å²) in [6.07, 6.45) is 0.661. The van der Waals surface area contributed by atoms with Gasteiger partial charge in [-0.1, -0.05) is 23.7 Å². The number of carbonyl (C=O) groups excluding carboxylic acids is 2. The summed E-state index contributed by atoms with van der Waals surface area (Å²) in [4.78, 5) is 24.0. The number of amides is 1. The van der Waals surface area contributed by atoms with Gasteiger partial charge in [0.15, 0.2) is 5.60 Å². The van der Waals surface area contributed by atoms with Crippen molar-refractivity contribution in [3.8, 4) is 5.75 Å². The molecule has 0 aliphatic carbocycles. The van der Waals surface area contributed by atoms with Gasteiger partial charge in [0.1, 0.15) is 5.75 Å². The Bertz CT molecular complexity index is 795. The number of hydrogen-bond acceptors (Lipinski definition) is 4. The van der Waals surface area contributed by atoms with Gasteiger partial charge in [-0.15, -0.1) is 6.54 Å². The van der Waals surface area contributed by atoms with Gasteiger partial charge >= 0.3 is 74.9 Å². The number of rotatable bonds is 9. The van der Waals surface area contributed by atoms with E-state index < -0.39 is 11.6 Å². The van der Waals surface area contributed by atoms with Gasteiger partial charge in [-0.2, -0.15) is 0 Å². The molecular weight excluding hydrogens is 513 g/mol. The molecule has 2 aromatic carbocycles. The van der Waals surface area contributed by atoms with Gasteiger partial charge in [-0.3, -0.25) is 4.79 Å². The number of carbonyl (C=O) groups is 2. The predicted molar refractivity (Wildman–Crippen MR) is 109 cm³/mol. The van der Waals surface area contributed by atoms with Gasteiger partial charge in [0.25, 0.3) is 5.91 Å². The molecule has 2 rings (SSSR count). The van der Waals surface area contributed by atoms with Crippen LogP contribution in [0.3, 0.4) is 0 Å². The fraction of sp³-hybridized carbons (Fsp3) is 0.333. The Kier molecular flexibility index (Phi) is 11.9. The maximum absolute atomic E-state index is 12.1. The predicted octanol–water partition coefficient (Wildman–Crippen LogP) is 1.07. The average Bonchev–Trinajstić information content (AvgIpc) is 2.67. The van der Waals surface area contributed by atoms with Crippen molar-refractivity contribution in [1.29, 1.82) is 0 Å². The average molecular weight is 537 g/mol. The van der Waals surface area contributed by atoms with E-state index in [9.17, 15) is 9.59 Å². The molecule has 0 heterocycles. The molecule has 0 unspecified atom stereocenters. The van der Waals surface area contributed by atoms with Gasteiger partial charge in [0.2, 0.25) is 0 Å². The number of esters is 1. The number of benzene rings is 2. The van der Waals surface area contributed by atoms with Crippen LogP contribution in [0.2, 0.25) is 5.02 Å². The smallest absolute Gasteiger partial charge is 0.675 e. The third-order valence-electron chi connectivity index (χ3n) is 3.93. The van der Waals surface area contributed by atoms with E-state index in [1.807, 2.05) is 12.1 Å². The van der Waals surface area contributed by atoms with E-state index in [4.69, 9.17) is 26.8 Å². The summed E-state index contributed by atoms with van der Waals surface area (Å²) in [5.41, 5.74) is 7.49. The maximum atomic E-state index is 12.1. The van der Waals surface area contributed by atoms with E-state index in [-0.39, 0.29) is 88.0 Å². The quantitative estimate of drug-likeness (QED) is 0.486. The second-order valence-electron chi connectivity index (χ2n) is 6.66. The first-order valence-electron chi connectivity index (χ1n) is 8.95. The molecule has 8 heteroatoms. The normalized spacial score (nSPS) is 10.6. The summed E-state index contributed by atoms with van der Waals surface area (Å²) in [5, 5.41) is 3.45. The zero-order valence-corrected chi connectivity index (χ0v) is 24.0. The fourth-order valence-corrected chi connectivity index (χ4v) is 2.53. The molecule has 1 amide bonds. The molecule has 150 valence electrons. The number of halogens is 1. The Hall–Kier alpha value is -0.518. The Balaban J connectivity index is 0.00000420. The molecule has 0 aliphatic rings. The molecule has 0 fully saturated rings. The van der Waals surface area contributed by atoms with Gasteiger partial charge in [0, 0.05) is 17.1 Å². The van der Waals surface area contributed by atoms with Crippen LogP contribution in [0.5, 0.6) is 5.75 Å². The monoisotopic (exact) mass is 536 g/mol. The van der Waals surface area contributed by atoms with Crippen LogP contribution in [-0.4, -0.2) is 37.2 Å². The van der Waals surface area contributed by atoms with Crippen molar-refractivity contribution in [2.24, 2.45) is 0 Å². The SMILES string of the molecule is CC(C)(Oc1ccc(CCNC(=O)c2ccc(Cl)cc2)cc1)C(=O)OCC[NH-].[Cs+]. The summed E-state index contributed by atoms with van der Waals surface area (Å²) in [6.45, 7) is 3.81. The zero-order chi connectivity index (χ0) is 20.6. The van der Waals surface area contributed by atoms with Crippen LogP contribution in [0.4, 0.5) is 0 Å². The molecule has 0 saturated heterocycles. The topological polar surface area (TPSA) is 88.4 Å². The molecule has 2 aromatic rings.